The average Bonchev–Trinajstić information content (AvgIpc) is 2.14. The fraction of sp³-hybridized carbons (Fsp3) is 1.00. The Morgan fingerprint density at radius 2 is 1.83 bits per heavy atom. The zero-order chi connectivity index (χ0) is 8.65. The number of hydrogen-bond acceptors (Lipinski definition) is 2. The highest BCUT2D eigenvalue weighted by molar-refractivity contribution is 9.09. The smallest absolute Gasteiger partial charge is 0.0594 e. The summed E-state index contributed by atoms with van der Waals surface area (Å²) in [5, 5.41) is 1.15. The zero-order valence-corrected chi connectivity index (χ0v) is 9.18. The number of hydrogen-bond donors (Lipinski definition) is 0. The van der Waals surface area contributed by atoms with E-state index in [2.05, 4.69) is 20.8 Å². The predicted octanol–water partition coefficient (Wildman–Crippen LogP) is 1.88. The maximum absolute atomic E-state index is 5.28. The fourth-order valence-corrected chi connectivity index (χ4v) is 1.83. The Kier molecular flexibility index (Phi) is 6.00. The van der Waals surface area contributed by atoms with Gasteiger partial charge in [0.1, 0.15) is 0 Å². The summed E-state index contributed by atoms with van der Waals surface area (Å²) in [4.78, 5) is 2.50. The van der Waals surface area contributed by atoms with E-state index in [1.165, 1.54) is 25.8 Å². The molecule has 0 unspecified atom stereocenters. The molecule has 2 nitrogen and oxygen atoms in total. The van der Waals surface area contributed by atoms with Crippen molar-refractivity contribution in [2.45, 2.75) is 19.3 Å². The summed E-state index contributed by atoms with van der Waals surface area (Å²) in [7, 11) is 0. The van der Waals surface area contributed by atoms with Crippen molar-refractivity contribution in [2.24, 2.45) is 0 Å². The maximum atomic E-state index is 5.28. The van der Waals surface area contributed by atoms with E-state index in [-0.39, 0.29) is 0 Å². The van der Waals surface area contributed by atoms with Crippen LogP contribution in [0.2, 0.25) is 0 Å². The first-order valence-electron chi connectivity index (χ1n) is 4.79. The van der Waals surface area contributed by atoms with Gasteiger partial charge in [0.15, 0.2) is 0 Å². The van der Waals surface area contributed by atoms with Gasteiger partial charge in [-0.05, 0) is 19.4 Å². The van der Waals surface area contributed by atoms with Crippen LogP contribution in [0, 0.1) is 0 Å². The highest BCUT2D eigenvalue weighted by Crippen LogP contribution is 2.03. The van der Waals surface area contributed by atoms with Crippen LogP contribution in [0.4, 0.5) is 0 Å². The molecule has 1 heterocycles. The minimum absolute atomic E-state index is 0.929. The number of nitrogens with zero attached hydrogens (tertiary/aromatic N) is 1. The van der Waals surface area contributed by atoms with Crippen LogP contribution in [-0.4, -0.2) is 43.1 Å². The van der Waals surface area contributed by atoms with E-state index in [0.717, 1.165) is 31.6 Å². The molecule has 1 aliphatic rings. The molecule has 0 aromatic rings. The van der Waals surface area contributed by atoms with Crippen LogP contribution in [-0.2, 0) is 4.74 Å². The number of halogens is 1. The Hall–Kier alpha value is 0.400. The van der Waals surface area contributed by atoms with Gasteiger partial charge in [-0.25, -0.2) is 0 Å². The van der Waals surface area contributed by atoms with Crippen molar-refractivity contribution in [3.63, 3.8) is 0 Å². The van der Waals surface area contributed by atoms with Crippen molar-refractivity contribution in [1.29, 1.82) is 0 Å². The van der Waals surface area contributed by atoms with Gasteiger partial charge in [-0.3, -0.25) is 4.90 Å². The monoisotopic (exact) mass is 235 g/mol. The molecule has 1 fully saturated rings. The molecule has 0 bridgehead atoms. The van der Waals surface area contributed by atoms with E-state index in [1.54, 1.807) is 0 Å². The van der Waals surface area contributed by atoms with Gasteiger partial charge in [0.05, 0.1) is 13.2 Å². The van der Waals surface area contributed by atoms with Gasteiger partial charge in [0.2, 0.25) is 0 Å². The van der Waals surface area contributed by atoms with E-state index in [4.69, 9.17) is 4.74 Å². The van der Waals surface area contributed by atoms with Crippen molar-refractivity contribution < 1.29 is 4.74 Å². The van der Waals surface area contributed by atoms with Crippen LogP contribution in [0.1, 0.15) is 19.3 Å². The molecule has 0 atom stereocenters. The largest absolute Gasteiger partial charge is 0.379 e. The molecular formula is C9H18BrNO. The first-order valence-corrected chi connectivity index (χ1v) is 5.91. The van der Waals surface area contributed by atoms with E-state index in [9.17, 15) is 0 Å². The second-order valence-corrected chi connectivity index (χ2v) is 4.00. The molecule has 0 radical (unpaired) electrons. The van der Waals surface area contributed by atoms with Crippen LogP contribution < -0.4 is 0 Å². The number of ether oxygens (including phenoxy) is 1. The van der Waals surface area contributed by atoms with E-state index in [0.29, 0.717) is 0 Å². The van der Waals surface area contributed by atoms with Gasteiger partial charge in [-0.1, -0.05) is 22.4 Å². The quantitative estimate of drug-likeness (QED) is 0.534. The molecule has 12 heavy (non-hydrogen) atoms. The SMILES string of the molecule is BrCCCCCN1CCOCC1. The summed E-state index contributed by atoms with van der Waals surface area (Å²) in [5.41, 5.74) is 0. The molecule has 1 aliphatic heterocycles. The van der Waals surface area contributed by atoms with E-state index in [1.807, 2.05) is 0 Å². The molecule has 0 N–H and O–H groups in total. The normalized spacial score (nSPS) is 19.8. The first-order chi connectivity index (χ1) is 5.93. The summed E-state index contributed by atoms with van der Waals surface area (Å²) >= 11 is 3.44. The van der Waals surface area contributed by atoms with Crippen molar-refractivity contribution in [1.82, 2.24) is 4.90 Å². The van der Waals surface area contributed by atoms with Crippen LogP contribution in [0.25, 0.3) is 0 Å². The molecule has 1 saturated heterocycles. The van der Waals surface area contributed by atoms with Gasteiger partial charge >= 0.3 is 0 Å². The molecule has 0 amide bonds. The molecule has 0 aromatic carbocycles. The van der Waals surface area contributed by atoms with Gasteiger partial charge in [-0.2, -0.15) is 0 Å². The molecule has 72 valence electrons. The summed E-state index contributed by atoms with van der Waals surface area (Å²) in [5.74, 6) is 0. The maximum Gasteiger partial charge on any atom is 0.0594 e. The Morgan fingerprint density at radius 3 is 2.50 bits per heavy atom. The first kappa shape index (κ1) is 10.5. The van der Waals surface area contributed by atoms with Gasteiger partial charge in [0.25, 0.3) is 0 Å². The lowest BCUT2D eigenvalue weighted by Gasteiger charge is -2.26. The molecule has 0 spiro atoms. The minimum atomic E-state index is 0.929. The number of rotatable bonds is 5. The third-order valence-corrected chi connectivity index (χ3v) is 2.77. The summed E-state index contributed by atoms with van der Waals surface area (Å²) < 4.78 is 5.28. The van der Waals surface area contributed by atoms with Crippen molar-refractivity contribution in [2.75, 3.05) is 38.2 Å². The summed E-state index contributed by atoms with van der Waals surface area (Å²) in [6.45, 7) is 5.38. The van der Waals surface area contributed by atoms with E-state index >= 15 is 0 Å². The van der Waals surface area contributed by atoms with Crippen molar-refractivity contribution in [3.05, 3.63) is 0 Å². The topological polar surface area (TPSA) is 12.5 Å². The summed E-state index contributed by atoms with van der Waals surface area (Å²) in [6, 6.07) is 0. The third kappa shape index (κ3) is 4.43. The standard InChI is InChI=1S/C9H18BrNO/c10-4-2-1-3-5-11-6-8-12-9-7-11/h1-9H2. The molecule has 0 aromatic heterocycles. The molecular weight excluding hydrogens is 218 g/mol. The second kappa shape index (κ2) is 6.87. The third-order valence-electron chi connectivity index (χ3n) is 2.21. The van der Waals surface area contributed by atoms with Crippen molar-refractivity contribution in [3.8, 4) is 0 Å². The molecule has 0 aliphatic carbocycles. The minimum Gasteiger partial charge on any atom is -0.379 e. The van der Waals surface area contributed by atoms with Crippen LogP contribution in [0.15, 0.2) is 0 Å². The number of morpholine rings is 1. The van der Waals surface area contributed by atoms with Crippen LogP contribution >= 0.6 is 15.9 Å². The average molecular weight is 236 g/mol. The highest BCUT2D eigenvalue weighted by Gasteiger charge is 2.08. The lowest BCUT2D eigenvalue weighted by molar-refractivity contribution is 0.0372. The van der Waals surface area contributed by atoms with Crippen molar-refractivity contribution >= 4 is 15.9 Å². The number of unbranched alkanes of at least 4 members (excludes halogenated alkanes) is 2. The van der Waals surface area contributed by atoms with Gasteiger partial charge in [0, 0.05) is 18.4 Å². The van der Waals surface area contributed by atoms with Crippen LogP contribution in [0.3, 0.4) is 0 Å². The second-order valence-electron chi connectivity index (χ2n) is 3.20. The predicted molar refractivity (Wildman–Crippen MR) is 54.9 cm³/mol. The Morgan fingerprint density at radius 1 is 1.08 bits per heavy atom. The number of alkyl halides is 1. The molecule has 0 saturated carbocycles. The molecule has 1 rings (SSSR count). The lowest BCUT2D eigenvalue weighted by Crippen LogP contribution is -2.36. The summed E-state index contributed by atoms with van der Waals surface area (Å²) in [6.07, 6.45) is 4.00. The Labute approximate surface area is 83.4 Å². The Balaban J connectivity index is 1.91. The zero-order valence-electron chi connectivity index (χ0n) is 7.60. The van der Waals surface area contributed by atoms with E-state index < -0.39 is 0 Å². The highest BCUT2D eigenvalue weighted by atomic mass is 79.9. The van der Waals surface area contributed by atoms with Gasteiger partial charge < -0.3 is 4.74 Å². The van der Waals surface area contributed by atoms with Gasteiger partial charge in [-0.15, -0.1) is 0 Å². The Bertz CT molecular complexity index is 105. The molecule has 3 heteroatoms. The lowest BCUT2D eigenvalue weighted by atomic mass is 10.2. The van der Waals surface area contributed by atoms with Crippen LogP contribution in [0.5, 0.6) is 0 Å². The fourth-order valence-electron chi connectivity index (χ4n) is 1.43.